The number of hydrogen-bond acceptors (Lipinski definition) is 2. The highest BCUT2D eigenvalue weighted by Crippen LogP contribution is 2.27. The fraction of sp³-hybridized carbons (Fsp3) is 0.471. The predicted molar refractivity (Wildman–Crippen MR) is 80.8 cm³/mol. The highest BCUT2D eigenvalue weighted by Gasteiger charge is 2.18. The number of methoxy groups -OCH3 is 1. The summed E-state index contributed by atoms with van der Waals surface area (Å²) in [6.07, 6.45) is 7.08. The number of allylic oxidation sites excluding steroid dienone is 2. The molecule has 1 aromatic carbocycles. The molecule has 2 unspecified atom stereocenters. The van der Waals surface area contributed by atoms with Crippen molar-refractivity contribution in [3.05, 3.63) is 41.5 Å². The summed E-state index contributed by atoms with van der Waals surface area (Å²) in [5.74, 6) is 1.34. The van der Waals surface area contributed by atoms with Crippen molar-refractivity contribution in [1.29, 1.82) is 0 Å². The van der Waals surface area contributed by atoms with E-state index in [4.69, 9.17) is 4.74 Å². The summed E-state index contributed by atoms with van der Waals surface area (Å²) in [6.45, 7) is 4.04. The average molecular weight is 273 g/mol. The summed E-state index contributed by atoms with van der Waals surface area (Å²) in [7, 11) is 1.66. The van der Waals surface area contributed by atoms with Crippen molar-refractivity contribution >= 4 is 5.91 Å². The topological polar surface area (TPSA) is 38.3 Å². The average Bonchev–Trinajstić information content (AvgIpc) is 2.91. The number of rotatable bonds is 5. The Morgan fingerprint density at radius 2 is 2.30 bits per heavy atom. The molecule has 0 bridgehead atoms. The molecule has 108 valence electrons. The molecular formula is C17H23NO2. The Bertz CT molecular complexity index is 508. The molecule has 0 radical (unpaired) electrons. The molecule has 2 rings (SSSR count). The van der Waals surface area contributed by atoms with Crippen LogP contribution in [-0.4, -0.2) is 13.0 Å². The van der Waals surface area contributed by atoms with Crippen molar-refractivity contribution in [2.45, 2.75) is 39.2 Å². The predicted octanol–water partition coefficient (Wildman–Crippen LogP) is 3.54. The third-order valence-corrected chi connectivity index (χ3v) is 3.79. The minimum absolute atomic E-state index is 0.0391. The number of aryl methyl sites for hydroxylation is 1. The minimum Gasteiger partial charge on any atom is -0.496 e. The zero-order chi connectivity index (χ0) is 14.5. The van der Waals surface area contributed by atoms with Crippen molar-refractivity contribution in [2.75, 3.05) is 7.11 Å². The van der Waals surface area contributed by atoms with Crippen molar-refractivity contribution in [1.82, 2.24) is 5.32 Å². The van der Waals surface area contributed by atoms with E-state index in [0.717, 1.165) is 24.2 Å². The van der Waals surface area contributed by atoms with Gasteiger partial charge in [-0.05, 0) is 38.7 Å². The maximum Gasteiger partial charge on any atom is 0.221 e. The monoisotopic (exact) mass is 273 g/mol. The van der Waals surface area contributed by atoms with Crippen molar-refractivity contribution in [2.24, 2.45) is 5.92 Å². The van der Waals surface area contributed by atoms with Crippen molar-refractivity contribution in [3.8, 4) is 5.75 Å². The Balaban J connectivity index is 2.00. The third kappa shape index (κ3) is 3.62. The van der Waals surface area contributed by atoms with Gasteiger partial charge in [-0.2, -0.15) is 0 Å². The fourth-order valence-electron chi connectivity index (χ4n) is 2.67. The van der Waals surface area contributed by atoms with E-state index in [0.29, 0.717) is 12.3 Å². The molecule has 3 nitrogen and oxygen atoms in total. The fourth-order valence-corrected chi connectivity index (χ4v) is 2.67. The van der Waals surface area contributed by atoms with E-state index in [1.165, 1.54) is 5.56 Å². The summed E-state index contributed by atoms with van der Waals surface area (Å²) in [4.78, 5) is 12.1. The van der Waals surface area contributed by atoms with Crippen LogP contribution >= 0.6 is 0 Å². The SMILES string of the molecule is COc1ccc(C)cc1C(C)NC(=O)CC1C=CCC1. The molecule has 0 heterocycles. The zero-order valence-corrected chi connectivity index (χ0v) is 12.5. The molecule has 0 saturated heterocycles. The third-order valence-electron chi connectivity index (χ3n) is 3.79. The van der Waals surface area contributed by atoms with E-state index in [-0.39, 0.29) is 11.9 Å². The van der Waals surface area contributed by atoms with E-state index >= 15 is 0 Å². The van der Waals surface area contributed by atoms with Crippen LogP contribution in [0.3, 0.4) is 0 Å². The van der Waals surface area contributed by atoms with Crippen LogP contribution in [0.15, 0.2) is 30.4 Å². The molecule has 2 atom stereocenters. The first-order valence-electron chi connectivity index (χ1n) is 7.20. The lowest BCUT2D eigenvalue weighted by molar-refractivity contribution is -0.122. The second-order valence-electron chi connectivity index (χ2n) is 5.50. The summed E-state index contributed by atoms with van der Waals surface area (Å²) in [6, 6.07) is 6.00. The minimum atomic E-state index is -0.0391. The molecule has 1 N–H and O–H groups in total. The number of hydrogen-bond donors (Lipinski definition) is 1. The van der Waals surface area contributed by atoms with Crippen LogP contribution in [0.4, 0.5) is 0 Å². The first kappa shape index (κ1) is 14.6. The molecular weight excluding hydrogens is 250 g/mol. The van der Waals surface area contributed by atoms with Gasteiger partial charge in [0.2, 0.25) is 5.91 Å². The van der Waals surface area contributed by atoms with Gasteiger partial charge in [0, 0.05) is 12.0 Å². The number of amides is 1. The molecule has 0 aliphatic heterocycles. The standard InChI is InChI=1S/C17H23NO2/c1-12-8-9-16(20-3)15(10-12)13(2)18-17(19)11-14-6-4-5-7-14/h4,6,8-10,13-14H,5,7,11H2,1-3H3,(H,18,19). The molecule has 0 fully saturated rings. The van der Waals surface area contributed by atoms with Gasteiger partial charge < -0.3 is 10.1 Å². The molecule has 0 spiro atoms. The van der Waals surface area contributed by atoms with E-state index in [1.807, 2.05) is 26.0 Å². The molecule has 1 aliphatic carbocycles. The van der Waals surface area contributed by atoms with Crippen LogP contribution < -0.4 is 10.1 Å². The van der Waals surface area contributed by atoms with Gasteiger partial charge in [0.05, 0.1) is 13.2 Å². The first-order chi connectivity index (χ1) is 9.60. The maximum absolute atomic E-state index is 12.1. The van der Waals surface area contributed by atoms with E-state index in [2.05, 4.69) is 23.5 Å². The normalized spacial score (nSPS) is 18.9. The van der Waals surface area contributed by atoms with Crippen LogP contribution in [0, 0.1) is 12.8 Å². The summed E-state index contributed by atoms with van der Waals surface area (Å²) in [5.41, 5.74) is 2.20. The van der Waals surface area contributed by atoms with Crippen LogP contribution in [0.5, 0.6) is 5.75 Å². The number of nitrogens with one attached hydrogen (secondary N) is 1. The lowest BCUT2D eigenvalue weighted by Gasteiger charge is -2.19. The Morgan fingerprint density at radius 3 is 2.95 bits per heavy atom. The first-order valence-corrected chi connectivity index (χ1v) is 7.20. The van der Waals surface area contributed by atoms with Crippen LogP contribution in [0.2, 0.25) is 0 Å². The summed E-state index contributed by atoms with van der Waals surface area (Å²) < 4.78 is 5.37. The van der Waals surface area contributed by atoms with Crippen LogP contribution in [0.1, 0.15) is 43.4 Å². The molecule has 1 aliphatic rings. The van der Waals surface area contributed by atoms with Gasteiger partial charge in [0.15, 0.2) is 0 Å². The largest absolute Gasteiger partial charge is 0.496 e. The quantitative estimate of drug-likeness (QED) is 0.833. The molecule has 1 aromatic rings. The smallest absolute Gasteiger partial charge is 0.221 e. The van der Waals surface area contributed by atoms with Gasteiger partial charge in [-0.15, -0.1) is 0 Å². The van der Waals surface area contributed by atoms with E-state index in [9.17, 15) is 4.79 Å². The second kappa shape index (κ2) is 6.60. The number of carbonyl (C=O) groups is 1. The summed E-state index contributed by atoms with van der Waals surface area (Å²) >= 11 is 0. The Labute approximate surface area is 121 Å². The van der Waals surface area contributed by atoms with Gasteiger partial charge in [0.25, 0.3) is 0 Å². The Hall–Kier alpha value is -1.77. The van der Waals surface area contributed by atoms with Gasteiger partial charge in [0.1, 0.15) is 5.75 Å². The molecule has 3 heteroatoms. The van der Waals surface area contributed by atoms with Crippen molar-refractivity contribution in [3.63, 3.8) is 0 Å². The number of ether oxygens (including phenoxy) is 1. The van der Waals surface area contributed by atoms with Gasteiger partial charge in [-0.25, -0.2) is 0 Å². The van der Waals surface area contributed by atoms with E-state index < -0.39 is 0 Å². The molecule has 0 aromatic heterocycles. The maximum atomic E-state index is 12.1. The number of carbonyl (C=O) groups excluding carboxylic acids is 1. The van der Waals surface area contributed by atoms with Gasteiger partial charge in [-0.1, -0.05) is 29.8 Å². The summed E-state index contributed by atoms with van der Waals surface area (Å²) in [5, 5.41) is 3.07. The Kier molecular flexibility index (Phi) is 4.83. The van der Waals surface area contributed by atoms with Gasteiger partial charge >= 0.3 is 0 Å². The molecule has 20 heavy (non-hydrogen) atoms. The van der Waals surface area contributed by atoms with Crippen molar-refractivity contribution < 1.29 is 9.53 Å². The van der Waals surface area contributed by atoms with Crippen LogP contribution in [0.25, 0.3) is 0 Å². The zero-order valence-electron chi connectivity index (χ0n) is 12.5. The lowest BCUT2D eigenvalue weighted by Crippen LogP contribution is -2.28. The number of benzene rings is 1. The highest BCUT2D eigenvalue weighted by atomic mass is 16.5. The highest BCUT2D eigenvalue weighted by molar-refractivity contribution is 5.77. The molecule has 1 amide bonds. The lowest BCUT2D eigenvalue weighted by atomic mass is 10.0. The van der Waals surface area contributed by atoms with E-state index in [1.54, 1.807) is 7.11 Å². The van der Waals surface area contributed by atoms with Gasteiger partial charge in [-0.3, -0.25) is 4.79 Å². The van der Waals surface area contributed by atoms with Crippen LogP contribution in [-0.2, 0) is 4.79 Å². The Morgan fingerprint density at radius 1 is 1.50 bits per heavy atom. The molecule has 0 saturated carbocycles. The second-order valence-corrected chi connectivity index (χ2v) is 5.50.